The second-order valence-electron chi connectivity index (χ2n) is 3.66. The van der Waals surface area contributed by atoms with Crippen molar-refractivity contribution >= 4 is 17.5 Å². The van der Waals surface area contributed by atoms with E-state index in [0.717, 1.165) is 6.54 Å². The van der Waals surface area contributed by atoms with E-state index in [9.17, 15) is 4.79 Å². The molecular weight excluding hydrogens is 214 g/mol. The lowest BCUT2D eigenvalue weighted by Crippen LogP contribution is -2.20. The van der Waals surface area contributed by atoms with Crippen LogP contribution in [0.3, 0.4) is 0 Å². The Kier molecular flexibility index (Phi) is 4.16. The summed E-state index contributed by atoms with van der Waals surface area (Å²) >= 11 is 1.18. The summed E-state index contributed by atoms with van der Waals surface area (Å²) in [4.78, 5) is 17.1. The smallest absolute Gasteiger partial charge is 0.313 e. The number of hydrogen-bond acceptors (Lipinski definition) is 5. The molecule has 5 nitrogen and oxygen atoms in total. The average molecular weight is 229 g/mol. The van der Waals surface area contributed by atoms with Gasteiger partial charge in [0.15, 0.2) is 0 Å². The zero-order valence-electron chi connectivity index (χ0n) is 9.10. The van der Waals surface area contributed by atoms with Gasteiger partial charge in [-0.1, -0.05) is 0 Å². The van der Waals surface area contributed by atoms with Crippen LogP contribution in [0.25, 0.3) is 0 Å². The van der Waals surface area contributed by atoms with Gasteiger partial charge in [0.25, 0.3) is 0 Å². The molecule has 0 spiro atoms. The number of carboxylic acid groups (broad SMARTS) is 1. The first-order valence-electron chi connectivity index (χ1n) is 4.68. The fourth-order valence-electron chi connectivity index (χ4n) is 1.19. The predicted molar refractivity (Wildman–Crippen MR) is 58.2 cm³/mol. The van der Waals surface area contributed by atoms with Gasteiger partial charge in [-0.15, -0.1) is 0 Å². The molecule has 1 unspecified atom stereocenters. The molecule has 6 heteroatoms. The molecule has 1 rings (SSSR count). The highest BCUT2D eigenvalue weighted by atomic mass is 32.1. The molecule has 0 radical (unpaired) electrons. The Morgan fingerprint density at radius 1 is 1.60 bits per heavy atom. The molecule has 0 saturated carbocycles. The molecule has 1 aromatic rings. The standard InChI is InChI=1S/C9H15N3O2S/c1-6-10-8(15-11-6)7(9(13)14)4-5-12(2)3/h7H,4-5H2,1-3H3,(H,13,14). The third-order valence-electron chi connectivity index (χ3n) is 2.00. The number of aromatic nitrogens is 2. The van der Waals surface area contributed by atoms with E-state index in [4.69, 9.17) is 5.11 Å². The molecule has 1 atom stereocenters. The summed E-state index contributed by atoms with van der Waals surface area (Å²) in [6.07, 6.45) is 0.566. The van der Waals surface area contributed by atoms with Gasteiger partial charge in [-0.05, 0) is 45.5 Å². The molecule has 0 amide bonds. The number of carbonyl (C=O) groups is 1. The normalized spacial score (nSPS) is 13.1. The van der Waals surface area contributed by atoms with Crippen molar-refractivity contribution in [3.05, 3.63) is 10.8 Å². The molecule has 0 aliphatic heterocycles. The van der Waals surface area contributed by atoms with E-state index in [0.29, 0.717) is 17.3 Å². The van der Waals surface area contributed by atoms with Gasteiger partial charge in [0.05, 0.1) is 0 Å². The Labute approximate surface area is 92.9 Å². The van der Waals surface area contributed by atoms with Crippen molar-refractivity contribution in [3.8, 4) is 0 Å². The highest BCUT2D eigenvalue weighted by Crippen LogP contribution is 2.21. The third kappa shape index (κ3) is 3.56. The third-order valence-corrected chi connectivity index (χ3v) is 2.92. The molecule has 1 N–H and O–H groups in total. The molecule has 0 aromatic carbocycles. The van der Waals surface area contributed by atoms with Gasteiger partial charge in [-0.2, -0.15) is 4.37 Å². The van der Waals surface area contributed by atoms with Crippen molar-refractivity contribution in [1.29, 1.82) is 0 Å². The molecule has 1 aromatic heterocycles. The van der Waals surface area contributed by atoms with Crippen LogP contribution in [0.2, 0.25) is 0 Å². The number of carboxylic acids is 1. The maximum absolute atomic E-state index is 11.0. The fourth-order valence-corrected chi connectivity index (χ4v) is 1.98. The van der Waals surface area contributed by atoms with E-state index in [1.165, 1.54) is 11.5 Å². The molecule has 15 heavy (non-hydrogen) atoms. The first kappa shape index (κ1) is 12.1. The monoisotopic (exact) mass is 229 g/mol. The largest absolute Gasteiger partial charge is 0.481 e. The molecule has 0 fully saturated rings. The van der Waals surface area contributed by atoms with Crippen LogP contribution in [0.1, 0.15) is 23.2 Å². The summed E-state index contributed by atoms with van der Waals surface area (Å²) in [6.45, 7) is 2.50. The van der Waals surface area contributed by atoms with Crippen LogP contribution >= 0.6 is 11.5 Å². The van der Waals surface area contributed by atoms with E-state index in [1.807, 2.05) is 19.0 Å². The van der Waals surface area contributed by atoms with Crippen molar-refractivity contribution in [3.63, 3.8) is 0 Å². The van der Waals surface area contributed by atoms with Gasteiger partial charge in [0.1, 0.15) is 16.7 Å². The summed E-state index contributed by atoms with van der Waals surface area (Å²) in [5, 5.41) is 9.67. The minimum Gasteiger partial charge on any atom is -0.481 e. The summed E-state index contributed by atoms with van der Waals surface area (Å²) in [6, 6.07) is 0. The van der Waals surface area contributed by atoms with Crippen LogP contribution in [0.5, 0.6) is 0 Å². The van der Waals surface area contributed by atoms with Gasteiger partial charge >= 0.3 is 5.97 Å². The van der Waals surface area contributed by atoms with Gasteiger partial charge in [0.2, 0.25) is 0 Å². The maximum atomic E-state index is 11.0. The van der Waals surface area contributed by atoms with Gasteiger partial charge in [0, 0.05) is 0 Å². The Bertz CT molecular complexity index is 338. The van der Waals surface area contributed by atoms with Crippen LogP contribution in [0.15, 0.2) is 0 Å². The SMILES string of the molecule is Cc1nsc(C(CCN(C)C)C(=O)O)n1. The lowest BCUT2D eigenvalue weighted by Gasteiger charge is -2.12. The van der Waals surface area contributed by atoms with Gasteiger partial charge in [-0.25, -0.2) is 4.98 Å². The summed E-state index contributed by atoms with van der Waals surface area (Å²) < 4.78 is 4.00. The number of rotatable bonds is 5. The van der Waals surface area contributed by atoms with Gasteiger partial charge < -0.3 is 10.0 Å². The highest BCUT2D eigenvalue weighted by Gasteiger charge is 2.23. The molecule has 0 aliphatic carbocycles. The topological polar surface area (TPSA) is 66.3 Å². The second-order valence-corrected chi connectivity index (χ2v) is 4.45. The lowest BCUT2D eigenvalue weighted by atomic mass is 10.1. The van der Waals surface area contributed by atoms with Crippen LogP contribution in [-0.4, -0.2) is 46.0 Å². The zero-order valence-corrected chi connectivity index (χ0v) is 9.91. The minimum atomic E-state index is -0.826. The predicted octanol–water partition coefficient (Wildman–Crippen LogP) is 0.966. The van der Waals surface area contributed by atoms with Crippen LogP contribution in [-0.2, 0) is 4.79 Å². The Morgan fingerprint density at radius 3 is 2.67 bits per heavy atom. The van der Waals surface area contributed by atoms with E-state index in [2.05, 4.69) is 9.36 Å². The van der Waals surface area contributed by atoms with Crippen LogP contribution < -0.4 is 0 Å². The number of hydrogen-bond donors (Lipinski definition) is 1. The van der Waals surface area contributed by atoms with Gasteiger partial charge in [-0.3, -0.25) is 4.79 Å². The lowest BCUT2D eigenvalue weighted by molar-refractivity contribution is -0.139. The molecule has 0 aliphatic rings. The molecule has 0 bridgehead atoms. The van der Waals surface area contributed by atoms with Crippen LogP contribution in [0.4, 0.5) is 0 Å². The summed E-state index contributed by atoms with van der Waals surface area (Å²) in [7, 11) is 3.84. The molecule has 1 heterocycles. The highest BCUT2D eigenvalue weighted by molar-refractivity contribution is 7.05. The van der Waals surface area contributed by atoms with Crippen molar-refractivity contribution < 1.29 is 9.90 Å². The van der Waals surface area contributed by atoms with Crippen LogP contribution in [0, 0.1) is 6.92 Å². The Morgan fingerprint density at radius 2 is 2.27 bits per heavy atom. The Balaban J connectivity index is 2.70. The van der Waals surface area contributed by atoms with Crippen molar-refractivity contribution in [2.75, 3.05) is 20.6 Å². The Hall–Kier alpha value is -1.01. The quantitative estimate of drug-likeness (QED) is 0.814. The number of nitrogens with zero attached hydrogens (tertiary/aromatic N) is 3. The van der Waals surface area contributed by atoms with E-state index < -0.39 is 11.9 Å². The first-order chi connectivity index (χ1) is 7.00. The number of aryl methyl sites for hydroxylation is 1. The van der Waals surface area contributed by atoms with Crippen molar-refractivity contribution in [2.24, 2.45) is 0 Å². The van der Waals surface area contributed by atoms with E-state index in [1.54, 1.807) is 6.92 Å². The summed E-state index contributed by atoms with van der Waals surface area (Å²) in [5.41, 5.74) is 0. The second kappa shape index (κ2) is 5.18. The maximum Gasteiger partial charge on any atom is 0.313 e. The fraction of sp³-hybridized carbons (Fsp3) is 0.667. The molecule has 84 valence electrons. The minimum absolute atomic E-state index is 0.529. The first-order valence-corrected chi connectivity index (χ1v) is 5.45. The van der Waals surface area contributed by atoms with Crippen molar-refractivity contribution in [1.82, 2.24) is 14.3 Å². The molecule has 0 saturated heterocycles. The summed E-state index contributed by atoms with van der Waals surface area (Å²) in [5.74, 6) is -0.710. The zero-order chi connectivity index (χ0) is 11.4. The average Bonchev–Trinajstić information content (AvgIpc) is 2.51. The van der Waals surface area contributed by atoms with E-state index in [-0.39, 0.29) is 0 Å². The molecular formula is C9H15N3O2S. The van der Waals surface area contributed by atoms with Crippen molar-refractivity contribution in [2.45, 2.75) is 19.3 Å². The van der Waals surface area contributed by atoms with E-state index >= 15 is 0 Å². The number of aliphatic carboxylic acids is 1.